The number of aromatic nitrogens is 3. The second-order valence-corrected chi connectivity index (χ2v) is 9.77. The van der Waals surface area contributed by atoms with Crippen LogP contribution < -0.4 is 4.72 Å². The van der Waals surface area contributed by atoms with Gasteiger partial charge in [-0.25, -0.2) is 17.7 Å². The minimum atomic E-state index is -3.53. The lowest BCUT2D eigenvalue weighted by Gasteiger charge is -2.09. The van der Waals surface area contributed by atoms with Crippen molar-refractivity contribution in [3.63, 3.8) is 0 Å². The Morgan fingerprint density at radius 3 is 2.78 bits per heavy atom. The van der Waals surface area contributed by atoms with E-state index in [1.165, 1.54) is 11.3 Å². The fourth-order valence-electron chi connectivity index (χ4n) is 2.90. The Morgan fingerprint density at radius 2 is 2.04 bits per heavy atom. The van der Waals surface area contributed by atoms with E-state index in [-0.39, 0.29) is 0 Å². The molecular weight excluding hydrogens is 400 g/mol. The molecule has 0 aliphatic heterocycles. The quantitative estimate of drug-likeness (QED) is 0.518. The Bertz CT molecular complexity index is 1190. The van der Waals surface area contributed by atoms with Crippen LogP contribution in [0.1, 0.15) is 16.8 Å². The molecular formula is C18H18N4O2S3. The van der Waals surface area contributed by atoms with E-state index >= 15 is 0 Å². The van der Waals surface area contributed by atoms with Crippen molar-refractivity contribution in [1.29, 1.82) is 0 Å². The highest BCUT2D eigenvalue weighted by molar-refractivity contribution is 7.89. The molecule has 0 atom stereocenters. The van der Waals surface area contributed by atoms with Crippen LogP contribution >= 0.6 is 22.7 Å². The van der Waals surface area contributed by atoms with Crippen molar-refractivity contribution in [2.24, 2.45) is 0 Å². The third kappa shape index (κ3) is 3.68. The molecule has 0 unspecified atom stereocenters. The maximum Gasteiger partial charge on any atom is 0.240 e. The minimum absolute atomic E-state index is 0.301. The van der Waals surface area contributed by atoms with Crippen LogP contribution in [0, 0.1) is 13.8 Å². The number of sulfonamides is 1. The van der Waals surface area contributed by atoms with Crippen molar-refractivity contribution in [2.45, 2.75) is 25.2 Å². The molecule has 140 valence electrons. The minimum Gasteiger partial charge on any atom is -0.211 e. The fraction of sp³-hybridized carbons (Fsp3) is 0.222. The maximum absolute atomic E-state index is 12.6. The molecule has 4 aromatic rings. The molecule has 0 spiro atoms. The molecule has 1 aromatic carbocycles. The number of nitrogens with zero attached hydrogens (tertiary/aromatic N) is 3. The zero-order valence-electron chi connectivity index (χ0n) is 14.8. The summed E-state index contributed by atoms with van der Waals surface area (Å²) in [7, 11) is -3.53. The first-order chi connectivity index (χ1) is 12.9. The highest BCUT2D eigenvalue weighted by atomic mass is 32.2. The van der Waals surface area contributed by atoms with Gasteiger partial charge in [0.15, 0.2) is 5.82 Å². The number of benzene rings is 1. The van der Waals surface area contributed by atoms with E-state index in [0.717, 1.165) is 26.7 Å². The first-order valence-corrected chi connectivity index (χ1v) is 11.6. The molecule has 9 heteroatoms. The molecule has 0 fully saturated rings. The van der Waals surface area contributed by atoms with E-state index in [4.69, 9.17) is 0 Å². The Kier molecular flexibility index (Phi) is 4.85. The summed E-state index contributed by atoms with van der Waals surface area (Å²) in [6.07, 6.45) is 0.539. The molecule has 0 saturated carbocycles. The van der Waals surface area contributed by atoms with Crippen LogP contribution in [0.3, 0.4) is 0 Å². The Balaban J connectivity index is 1.49. The van der Waals surface area contributed by atoms with Gasteiger partial charge < -0.3 is 0 Å². The predicted molar refractivity (Wildman–Crippen MR) is 109 cm³/mol. The molecule has 3 aromatic heterocycles. The molecule has 0 radical (unpaired) electrons. The van der Waals surface area contributed by atoms with Gasteiger partial charge in [0.25, 0.3) is 0 Å². The summed E-state index contributed by atoms with van der Waals surface area (Å²) in [6.45, 7) is 4.06. The number of aryl methyl sites for hydroxylation is 2. The molecule has 0 saturated heterocycles. The molecule has 6 nitrogen and oxygen atoms in total. The van der Waals surface area contributed by atoms with Crippen molar-refractivity contribution in [3.8, 4) is 10.7 Å². The maximum atomic E-state index is 12.6. The topological polar surface area (TPSA) is 76.4 Å². The van der Waals surface area contributed by atoms with Crippen molar-refractivity contribution in [1.82, 2.24) is 19.3 Å². The van der Waals surface area contributed by atoms with Crippen LogP contribution in [0.15, 0.2) is 46.0 Å². The highest BCUT2D eigenvalue weighted by Gasteiger charge is 2.17. The van der Waals surface area contributed by atoms with Crippen LogP contribution in [0.2, 0.25) is 0 Å². The SMILES string of the molecule is Cc1ccc(S(=O)(=O)NCCc2csc3nc(-c4cccs4)nn23)c(C)c1. The van der Waals surface area contributed by atoms with Gasteiger partial charge in [0, 0.05) is 18.3 Å². The monoisotopic (exact) mass is 418 g/mol. The van der Waals surface area contributed by atoms with E-state index in [1.807, 2.05) is 48.9 Å². The number of thiazole rings is 1. The van der Waals surface area contributed by atoms with Gasteiger partial charge in [-0.05, 0) is 36.9 Å². The van der Waals surface area contributed by atoms with E-state index < -0.39 is 10.0 Å². The van der Waals surface area contributed by atoms with Crippen LogP contribution in [0.4, 0.5) is 0 Å². The smallest absolute Gasteiger partial charge is 0.211 e. The largest absolute Gasteiger partial charge is 0.240 e. The lowest BCUT2D eigenvalue weighted by molar-refractivity contribution is 0.580. The first-order valence-electron chi connectivity index (χ1n) is 8.38. The third-order valence-corrected chi connectivity index (χ3v) is 7.54. The number of fused-ring (bicyclic) bond motifs is 1. The third-order valence-electron chi connectivity index (χ3n) is 4.18. The lowest BCUT2D eigenvalue weighted by Crippen LogP contribution is -2.27. The van der Waals surface area contributed by atoms with Gasteiger partial charge in [-0.15, -0.1) is 27.8 Å². The van der Waals surface area contributed by atoms with Crippen LogP contribution in [0.5, 0.6) is 0 Å². The summed E-state index contributed by atoms with van der Waals surface area (Å²) in [5.41, 5.74) is 2.73. The van der Waals surface area contributed by atoms with Crippen molar-refractivity contribution in [2.75, 3.05) is 6.54 Å². The fourth-order valence-corrected chi connectivity index (χ4v) is 5.66. The average Bonchev–Trinajstić information content (AvgIpc) is 3.31. The Labute approximate surface area is 165 Å². The summed E-state index contributed by atoms with van der Waals surface area (Å²) < 4.78 is 29.6. The highest BCUT2D eigenvalue weighted by Crippen LogP contribution is 2.24. The summed E-state index contributed by atoms with van der Waals surface area (Å²) >= 11 is 3.10. The van der Waals surface area contributed by atoms with Gasteiger partial charge in [0.05, 0.1) is 15.5 Å². The van der Waals surface area contributed by atoms with Gasteiger partial charge in [-0.2, -0.15) is 4.98 Å². The Morgan fingerprint density at radius 1 is 1.19 bits per heavy atom. The van der Waals surface area contributed by atoms with E-state index in [9.17, 15) is 8.42 Å². The normalized spacial score (nSPS) is 12.1. The van der Waals surface area contributed by atoms with Crippen LogP contribution in [0.25, 0.3) is 15.7 Å². The zero-order chi connectivity index (χ0) is 19.0. The number of nitrogens with one attached hydrogen (secondary N) is 1. The summed E-state index contributed by atoms with van der Waals surface area (Å²) in [4.78, 5) is 6.70. The molecule has 3 heterocycles. The molecule has 0 bridgehead atoms. The molecule has 0 aliphatic rings. The van der Waals surface area contributed by atoms with Gasteiger partial charge >= 0.3 is 0 Å². The Hall–Kier alpha value is -2.07. The number of hydrogen-bond donors (Lipinski definition) is 1. The van der Waals surface area contributed by atoms with Crippen LogP contribution in [-0.2, 0) is 16.4 Å². The van der Waals surface area contributed by atoms with E-state index in [2.05, 4.69) is 14.8 Å². The van der Waals surface area contributed by atoms with Crippen molar-refractivity contribution < 1.29 is 8.42 Å². The lowest BCUT2D eigenvalue weighted by atomic mass is 10.2. The van der Waals surface area contributed by atoms with Gasteiger partial charge in [0.1, 0.15) is 0 Å². The van der Waals surface area contributed by atoms with Crippen molar-refractivity contribution >= 4 is 37.7 Å². The van der Waals surface area contributed by atoms with Gasteiger partial charge in [-0.3, -0.25) is 0 Å². The van der Waals surface area contributed by atoms with Crippen LogP contribution in [-0.4, -0.2) is 29.6 Å². The zero-order valence-corrected chi connectivity index (χ0v) is 17.3. The summed E-state index contributed by atoms with van der Waals surface area (Å²) in [5.74, 6) is 0.703. The second kappa shape index (κ2) is 7.16. The first kappa shape index (κ1) is 18.3. The average molecular weight is 419 g/mol. The number of rotatable bonds is 6. The number of thiophene rings is 1. The molecule has 0 aliphatic carbocycles. The van der Waals surface area contributed by atoms with E-state index in [1.54, 1.807) is 21.9 Å². The van der Waals surface area contributed by atoms with Crippen molar-refractivity contribution in [3.05, 3.63) is 57.9 Å². The van der Waals surface area contributed by atoms with Gasteiger partial charge in [0.2, 0.25) is 15.0 Å². The van der Waals surface area contributed by atoms with E-state index in [0.29, 0.717) is 23.7 Å². The molecule has 27 heavy (non-hydrogen) atoms. The molecule has 0 amide bonds. The second-order valence-electron chi connectivity index (χ2n) is 6.25. The summed E-state index contributed by atoms with van der Waals surface area (Å²) in [6, 6.07) is 9.30. The standard InChI is InChI=1S/C18H18N4O2S3/c1-12-5-6-16(13(2)10-12)27(23,24)19-8-7-14-11-26-18-20-17(21-22(14)18)15-4-3-9-25-15/h3-6,9-11,19H,7-8H2,1-2H3. The summed E-state index contributed by atoms with van der Waals surface area (Å²) in [5, 5.41) is 8.53. The predicted octanol–water partition coefficient (Wildman–Crippen LogP) is 3.66. The number of hydrogen-bond acceptors (Lipinski definition) is 6. The molecule has 1 N–H and O–H groups in total. The van der Waals surface area contributed by atoms with Gasteiger partial charge in [-0.1, -0.05) is 23.8 Å². The molecule has 4 rings (SSSR count).